The first kappa shape index (κ1) is 15.9. The summed E-state index contributed by atoms with van der Waals surface area (Å²) in [7, 11) is -4.55. The zero-order chi connectivity index (χ0) is 15.5. The Bertz CT molecular complexity index is 712. The predicted molar refractivity (Wildman–Crippen MR) is 75.9 cm³/mol. The van der Waals surface area contributed by atoms with Crippen LogP contribution in [0.2, 0.25) is 0 Å². The van der Waals surface area contributed by atoms with Gasteiger partial charge in [0.2, 0.25) is 0 Å². The third-order valence-corrected chi connectivity index (χ3v) is 6.73. The summed E-state index contributed by atoms with van der Waals surface area (Å²) in [5, 5.41) is 10.9. The van der Waals surface area contributed by atoms with E-state index in [0.29, 0.717) is 5.75 Å². The second-order valence-corrected chi connectivity index (χ2v) is 7.86. The summed E-state index contributed by atoms with van der Waals surface area (Å²) >= 11 is 0. The molecule has 0 spiro atoms. The van der Waals surface area contributed by atoms with Gasteiger partial charge in [-0.05, 0) is 30.3 Å². The summed E-state index contributed by atoms with van der Waals surface area (Å²) in [6, 6.07) is 5.20. The third-order valence-electron chi connectivity index (χ3n) is 2.71. The van der Waals surface area contributed by atoms with E-state index in [1.807, 2.05) is 5.37 Å². The van der Waals surface area contributed by atoms with E-state index in [1.54, 1.807) is 6.07 Å². The first-order valence-electron chi connectivity index (χ1n) is 5.97. The Labute approximate surface area is 123 Å². The molecule has 21 heavy (non-hydrogen) atoms. The van der Waals surface area contributed by atoms with Crippen LogP contribution in [-0.4, -0.2) is 26.1 Å². The van der Waals surface area contributed by atoms with Crippen molar-refractivity contribution in [3.8, 4) is 11.8 Å². The van der Waals surface area contributed by atoms with Gasteiger partial charge in [-0.15, -0.1) is 10.7 Å². The van der Waals surface area contributed by atoms with Crippen LogP contribution in [0.5, 0.6) is 5.75 Å². The quantitative estimate of drug-likeness (QED) is 0.838. The van der Waals surface area contributed by atoms with Gasteiger partial charge in [-0.2, -0.15) is 18.2 Å². The van der Waals surface area contributed by atoms with Crippen LogP contribution in [0.1, 0.15) is 18.4 Å². The molecule has 0 fully saturated rings. The van der Waals surface area contributed by atoms with Crippen LogP contribution in [0.3, 0.4) is 0 Å². The number of halogens is 2. The van der Waals surface area contributed by atoms with Crippen molar-refractivity contribution in [2.24, 2.45) is 0 Å². The van der Waals surface area contributed by atoms with E-state index in [9.17, 15) is 17.2 Å². The van der Waals surface area contributed by atoms with Crippen LogP contribution >= 0.6 is 10.7 Å². The summed E-state index contributed by atoms with van der Waals surface area (Å²) < 4.78 is 55.8. The summed E-state index contributed by atoms with van der Waals surface area (Å²) in [5.74, 6) is 0.253. The molecule has 1 heterocycles. The van der Waals surface area contributed by atoms with Gasteiger partial charge in [-0.3, -0.25) is 0 Å². The van der Waals surface area contributed by atoms with Crippen molar-refractivity contribution in [3.05, 3.63) is 23.8 Å². The van der Waals surface area contributed by atoms with Crippen molar-refractivity contribution < 1.29 is 21.9 Å². The lowest BCUT2D eigenvalue weighted by Gasteiger charge is -2.12. The molecule has 1 aromatic rings. The summed E-state index contributed by atoms with van der Waals surface area (Å²) in [6.07, 6.45) is 1.72. The first-order valence-corrected chi connectivity index (χ1v) is 8.91. The Balaban J connectivity index is 2.40. The minimum absolute atomic E-state index is 0.351. The maximum atomic E-state index is 12.3. The van der Waals surface area contributed by atoms with Crippen molar-refractivity contribution in [2.45, 2.75) is 24.3 Å². The molecule has 5 nitrogen and oxygen atoms in total. The molecule has 0 bridgehead atoms. The fourth-order valence-electron chi connectivity index (χ4n) is 1.85. The van der Waals surface area contributed by atoms with E-state index in [2.05, 4.69) is 8.86 Å². The fourth-order valence-corrected chi connectivity index (χ4v) is 5.71. The normalized spacial score (nSPS) is 18.3. The molecule has 1 aromatic carbocycles. The maximum absolute atomic E-state index is 12.3. The van der Waals surface area contributed by atoms with Crippen LogP contribution in [0.4, 0.5) is 8.78 Å². The maximum Gasteiger partial charge on any atom is 0.387 e. The monoisotopic (exact) mass is 334 g/mol. The number of nitrogens with zero attached hydrogens (tertiary/aromatic N) is 1. The van der Waals surface area contributed by atoms with Crippen LogP contribution in [0.25, 0.3) is 0 Å². The highest BCUT2D eigenvalue weighted by atomic mass is 32.3. The van der Waals surface area contributed by atoms with Gasteiger partial charge >= 0.3 is 6.61 Å². The number of alkyl halides is 2. The highest BCUT2D eigenvalue weighted by Crippen LogP contribution is 2.28. The van der Waals surface area contributed by atoms with Gasteiger partial charge in [0, 0.05) is 5.75 Å². The molecular weight excluding hydrogens is 322 g/mol. The van der Waals surface area contributed by atoms with Gasteiger partial charge in [-0.1, -0.05) is 6.07 Å². The van der Waals surface area contributed by atoms with Gasteiger partial charge in [0.25, 0.3) is 10.0 Å². The molecule has 1 aliphatic heterocycles. The molecule has 0 amide bonds. The molecule has 1 N–H and O–H groups in total. The average Bonchev–Trinajstić information content (AvgIpc) is 2.90. The predicted octanol–water partition coefficient (Wildman–Crippen LogP) is 2.22. The largest absolute Gasteiger partial charge is 0.433 e. The van der Waals surface area contributed by atoms with Crippen molar-refractivity contribution in [2.75, 3.05) is 5.75 Å². The minimum Gasteiger partial charge on any atom is -0.433 e. The van der Waals surface area contributed by atoms with Crippen LogP contribution < -0.4 is 8.86 Å². The van der Waals surface area contributed by atoms with Crippen molar-refractivity contribution in [1.82, 2.24) is 4.13 Å². The second kappa shape index (κ2) is 6.51. The zero-order valence-electron chi connectivity index (χ0n) is 10.8. The zero-order valence-corrected chi connectivity index (χ0v) is 12.4. The number of sulfonamides is 1. The highest BCUT2D eigenvalue weighted by Gasteiger charge is 2.24. The SMILES string of the molecule is N#Cc1c(OC(F)F)cccc1S(=O)(=O)NS1=CCCC1. The van der Waals surface area contributed by atoms with Crippen LogP contribution in [0, 0.1) is 11.3 Å². The molecule has 1 aliphatic rings. The van der Waals surface area contributed by atoms with Crippen molar-refractivity contribution in [1.29, 1.82) is 5.26 Å². The molecule has 1 atom stereocenters. The van der Waals surface area contributed by atoms with Crippen LogP contribution in [-0.2, 0) is 10.0 Å². The Kier molecular flexibility index (Phi) is 4.92. The Morgan fingerprint density at radius 2 is 2.19 bits per heavy atom. The number of hydrogen-bond acceptors (Lipinski definition) is 4. The molecule has 114 valence electrons. The molecule has 0 saturated carbocycles. The standard InChI is InChI=1S/C12H12F2N2O3S2/c13-12(14)19-10-4-3-5-11(9(10)8-15)21(17,18)16-20-6-1-2-7-20/h3-6,12,16H,1-2,7H2. The average molecular weight is 334 g/mol. The Hall–Kier alpha value is -1.50. The number of nitriles is 1. The van der Waals surface area contributed by atoms with E-state index in [0.717, 1.165) is 18.9 Å². The number of rotatable bonds is 5. The van der Waals surface area contributed by atoms with Gasteiger partial charge in [0.15, 0.2) is 0 Å². The van der Waals surface area contributed by atoms with Crippen molar-refractivity contribution >= 4 is 26.1 Å². The molecule has 0 aromatic heterocycles. The van der Waals surface area contributed by atoms with Gasteiger partial charge in [0.05, 0.1) is 0 Å². The lowest BCUT2D eigenvalue weighted by atomic mass is 10.2. The van der Waals surface area contributed by atoms with E-state index in [-0.39, 0.29) is 4.90 Å². The number of benzene rings is 1. The highest BCUT2D eigenvalue weighted by molar-refractivity contribution is 8.20. The van der Waals surface area contributed by atoms with E-state index < -0.39 is 38.6 Å². The number of nitrogens with one attached hydrogen (secondary N) is 1. The van der Waals surface area contributed by atoms with E-state index >= 15 is 0 Å². The Morgan fingerprint density at radius 3 is 2.76 bits per heavy atom. The smallest absolute Gasteiger partial charge is 0.387 e. The van der Waals surface area contributed by atoms with Gasteiger partial charge in [-0.25, -0.2) is 8.42 Å². The topological polar surface area (TPSA) is 79.2 Å². The van der Waals surface area contributed by atoms with Crippen molar-refractivity contribution in [3.63, 3.8) is 0 Å². The molecule has 9 heteroatoms. The molecule has 2 rings (SSSR count). The number of hydrogen-bond donors (Lipinski definition) is 1. The summed E-state index contributed by atoms with van der Waals surface area (Å²) in [4.78, 5) is -0.351. The number of ether oxygens (including phenoxy) is 1. The summed E-state index contributed by atoms with van der Waals surface area (Å²) in [5.41, 5.74) is -0.423. The molecule has 0 aliphatic carbocycles. The molecular formula is C12H12F2N2O3S2. The van der Waals surface area contributed by atoms with Crippen LogP contribution in [0.15, 0.2) is 23.1 Å². The van der Waals surface area contributed by atoms with Gasteiger partial charge in [0.1, 0.15) is 22.3 Å². The third kappa shape index (κ3) is 3.78. The minimum atomic E-state index is -3.96. The lowest BCUT2D eigenvalue weighted by Crippen LogP contribution is -2.20. The molecule has 0 radical (unpaired) electrons. The van der Waals surface area contributed by atoms with E-state index in [4.69, 9.17) is 5.26 Å². The summed E-state index contributed by atoms with van der Waals surface area (Å²) in [6.45, 7) is -3.13. The second-order valence-electron chi connectivity index (χ2n) is 4.15. The lowest BCUT2D eigenvalue weighted by molar-refractivity contribution is -0.0502. The fraction of sp³-hybridized carbons (Fsp3) is 0.333. The first-order chi connectivity index (χ1) is 9.94. The van der Waals surface area contributed by atoms with Gasteiger partial charge < -0.3 is 4.74 Å². The molecule has 1 unspecified atom stereocenters. The molecule has 0 saturated heterocycles. The van der Waals surface area contributed by atoms with E-state index in [1.165, 1.54) is 12.1 Å². The Morgan fingerprint density at radius 1 is 1.43 bits per heavy atom.